The number of hydrogen-bond acceptors (Lipinski definition) is 3. The van der Waals surface area contributed by atoms with E-state index < -0.39 is 0 Å². The molecule has 0 radical (unpaired) electrons. The van der Waals surface area contributed by atoms with Gasteiger partial charge in [-0.25, -0.2) is 0 Å². The van der Waals surface area contributed by atoms with Crippen LogP contribution in [0, 0.1) is 11.3 Å². The van der Waals surface area contributed by atoms with Gasteiger partial charge in [-0.2, -0.15) is 5.10 Å². The first-order chi connectivity index (χ1) is 9.66. The van der Waals surface area contributed by atoms with Crippen LogP contribution in [0.4, 0.5) is 0 Å². The molecule has 0 saturated carbocycles. The highest BCUT2D eigenvalue weighted by atomic mass is 79.9. The zero-order chi connectivity index (χ0) is 16.2. The molecule has 0 amide bonds. The number of hydrogen-bond donors (Lipinski definition) is 1. The summed E-state index contributed by atoms with van der Waals surface area (Å²) in [5, 5.41) is 8.00. The van der Waals surface area contributed by atoms with E-state index in [-0.39, 0.29) is 0 Å². The van der Waals surface area contributed by atoms with Crippen molar-refractivity contribution in [2.24, 2.45) is 11.3 Å². The molecule has 0 bridgehead atoms. The minimum Gasteiger partial charge on any atom is -0.312 e. The number of aromatic nitrogens is 2. The average molecular weight is 359 g/mol. The van der Waals surface area contributed by atoms with Crippen molar-refractivity contribution < 1.29 is 0 Å². The molecular formula is C16H31BrN4. The first kappa shape index (κ1) is 18.7. The lowest BCUT2D eigenvalue weighted by molar-refractivity contribution is 0.222. The van der Waals surface area contributed by atoms with Gasteiger partial charge >= 0.3 is 0 Å². The summed E-state index contributed by atoms with van der Waals surface area (Å²) in [5.41, 5.74) is 1.58. The maximum Gasteiger partial charge on any atom is 0.0696 e. The van der Waals surface area contributed by atoms with Gasteiger partial charge in [0.25, 0.3) is 0 Å². The Kier molecular flexibility index (Phi) is 6.88. The molecule has 0 aromatic carbocycles. The fourth-order valence-corrected chi connectivity index (χ4v) is 2.84. The Morgan fingerprint density at radius 1 is 1.38 bits per heavy atom. The summed E-state index contributed by atoms with van der Waals surface area (Å²) >= 11 is 3.67. The van der Waals surface area contributed by atoms with Crippen molar-refractivity contribution in [2.75, 3.05) is 27.7 Å². The maximum absolute atomic E-state index is 4.53. The molecule has 0 saturated heterocycles. The summed E-state index contributed by atoms with van der Waals surface area (Å²) in [6, 6.07) is 0.318. The molecule has 1 heterocycles. The summed E-state index contributed by atoms with van der Waals surface area (Å²) in [6.45, 7) is 11.2. The Labute approximate surface area is 138 Å². The van der Waals surface area contributed by atoms with Crippen molar-refractivity contribution >= 4 is 15.9 Å². The van der Waals surface area contributed by atoms with Gasteiger partial charge in [-0.3, -0.25) is 4.68 Å². The molecule has 4 nitrogen and oxygen atoms in total. The summed E-state index contributed by atoms with van der Waals surface area (Å²) in [7, 11) is 6.22. The van der Waals surface area contributed by atoms with E-state index in [1.807, 2.05) is 13.2 Å². The van der Waals surface area contributed by atoms with Crippen LogP contribution in [0.15, 0.2) is 10.7 Å². The Bertz CT molecular complexity index is 434. The van der Waals surface area contributed by atoms with Gasteiger partial charge in [-0.15, -0.1) is 0 Å². The second-order valence-corrected chi connectivity index (χ2v) is 8.10. The highest BCUT2D eigenvalue weighted by Gasteiger charge is 2.26. The van der Waals surface area contributed by atoms with E-state index >= 15 is 0 Å². The minimum atomic E-state index is 0.316. The van der Waals surface area contributed by atoms with E-state index in [0.29, 0.717) is 17.4 Å². The molecule has 0 aliphatic carbocycles. The molecule has 2 unspecified atom stereocenters. The van der Waals surface area contributed by atoms with Gasteiger partial charge in [0.2, 0.25) is 0 Å². The fourth-order valence-electron chi connectivity index (χ4n) is 2.26. The van der Waals surface area contributed by atoms with Gasteiger partial charge in [0.05, 0.1) is 29.0 Å². The standard InChI is InChI=1S/C16H31BrN4/c1-12(16(2,3)4)10-14(18-5)15-13(17)11-19-21(15)9-8-20(6)7/h11-12,14,18H,8-10H2,1-7H3. The van der Waals surface area contributed by atoms with E-state index in [1.54, 1.807) is 0 Å². The highest BCUT2D eigenvalue weighted by molar-refractivity contribution is 9.10. The Hall–Kier alpha value is -0.390. The van der Waals surface area contributed by atoms with Crippen LogP contribution in [-0.2, 0) is 6.54 Å². The molecule has 21 heavy (non-hydrogen) atoms. The summed E-state index contributed by atoms with van der Waals surface area (Å²) < 4.78 is 3.22. The van der Waals surface area contributed by atoms with E-state index in [0.717, 1.165) is 24.0 Å². The largest absolute Gasteiger partial charge is 0.312 e. The quantitative estimate of drug-likeness (QED) is 0.808. The Balaban J connectivity index is 2.92. The maximum atomic E-state index is 4.53. The Morgan fingerprint density at radius 2 is 2.00 bits per heavy atom. The lowest BCUT2D eigenvalue weighted by Gasteiger charge is -2.31. The molecule has 122 valence electrons. The van der Waals surface area contributed by atoms with Gasteiger partial charge in [0, 0.05) is 6.54 Å². The molecule has 0 fully saturated rings. The van der Waals surface area contributed by atoms with Crippen molar-refractivity contribution in [2.45, 2.75) is 46.7 Å². The van der Waals surface area contributed by atoms with E-state index in [2.05, 4.69) is 77.7 Å². The van der Waals surface area contributed by atoms with E-state index in [4.69, 9.17) is 0 Å². The van der Waals surface area contributed by atoms with Crippen LogP contribution in [0.1, 0.15) is 45.9 Å². The van der Waals surface area contributed by atoms with Gasteiger partial charge in [0.15, 0.2) is 0 Å². The van der Waals surface area contributed by atoms with Crippen LogP contribution >= 0.6 is 15.9 Å². The van der Waals surface area contributed by atoms with Crippen LogP contribution in [0.3, 0.4) is 0 Å². The van der Waals surface area contributed by atoms with Crippen LogP contribution in [0.5, 0.6) is 0 Å². The SMILES string of the molecule is CNC(CC(C)C(C)(C)C)c1c(Br)cnn1CCN(C)C. The molecule has 1 N–H and O–H groups in total. The number of nitrogens with zero attached hydrogens (tertiary/aromatic N) is 3. The molecule has 0 spiro atoms. The zero-order valence-corrected chi connectivity index (χ0v) is 16.2. The third kappa shape index (κ3) is 5.38. The number of likely N-dealkylation sites (N-methyl/N-ethyl adjacent to an activating group) is 1. The van der Waals surface area contributed by atoms with Gasteiger partial charge in [-0.1, -0.05) is 27.7 Å². The summed E-state index contributed by atoms with van der Waals surface area (Å²) in [4.78, 5) is 2.19. The number of nitrogens with one attached hydrogen (secondary N) is 1. The van der Waals surface area contributed by atoms with E-state index in [1.165, 1.54) is 5.69 Å². The van der Waals surface area contributed by atoms with Crippen molar-refractivity contribution in [1.82, 2.24) is 20.0 Å². The second-order valence-electron chi connectivity index (χ2n) is 7.25. The molecule has 5 heteroatoms. The monoisotopic (exact) mass is 358 g/mol. The van der Waals surface area contributed by atoms with Crippen molar-refractivity contribution in [1.29, 1.82) is 0 Å². The summed E-state index contributed by atoms with van der Waals surface area (Å²) in [5.74, 6) is 0.624. The summed E-state index contributed by atoms with van der Waals surface area (Å²) in [6.07, 6.45) is 3.02. The first-order valence-electron chi connectivity index (χ1n) is 7.70. The van der Waals surface area contributed by atoms with Gasteiger partial charge in [-0.05, 0) is 54.8 Å². The third-order valence-corrected chi connectivity index (χ3v) is 4.95. The van der Waals surface area contributed by atoms with Crippen LogP contribution in [-0.4, -0.2) is 42.4 Å². The normalized spacial score (nSPS) is 15.5. The predicted octanol–water partition coefficient (Wildman–Crippen LogP) is 3.54. The molecule has 1 rings (SSSR count). The first-order valence-corrected chi connectivity index (χ1v) is 8.49. The van der Waals surface area contributed by atoms with Crippen molar-refractivity contribution in [3.8, 4) is 0 Å². The molecule has 1 aromatic heterocycles. The molecule has 1 aromatic rings. The average Bonchev–Trinajstić information content (AvgIpc) is 2.73. The number of halogens is 1. The van der Waals surface area contributed by atoms with Crippen molar-refractivity contribution in [3.05, 3.63) is 16.4 Å². The fraction of sp³-hybridized carbons (Fsp3) is 0.812. The molecule has 0 aliphatic rings. The van der Waals surface area contributed by atoms with Crippen LogP contribution < -0.4 is 5.32 Å². The second kappa shape index (κ2) is 7.75. The van der Waals surface area contributed by atoms with Crippen LogP contribution in [0.25, 0.3) is 0 Å². The predicted molar refractivity (Wildman–Crippen MR) is 93.5 cm³/mol. The number of rotatable bonds is 7. The topological polar surface area (TPSA) is 33.1 Å². The lowest BCUT2D eigenvalue weighted by Crippen LogP contribution is -2.28. The highest BCUT2D eigenvalue weighted by Crippen LogP contribution is 2.35. The van der Waals surface area contributed by atoms with Gasteiger partial charge in [0.1, 0.15) is 0 Å². The van der Waals surface area contributed by atoms with Gasteiger partial charge < -0.3 is 10.2 Å². The molecule has 2 atom stereocenters. The third-order valence-electron chi connectivity index (χ3n) is 4.34. The zero-order valence-electron chi connectivity index (χ0n) is 14.6. The van der Waals surface area contributed by atoms with Crippen LogP contribution in [0.2, 0.25) is 0 Å². The smallest absolute Gasteiger partial charge is 0.0696 e. The Morgan fingerprint density at radius 3 is 2.48 bits per heavy atom. The lowest BCUT2D eigenvalue weighted by atomic mass is 9.78. The minimum absolute atomic E-state index is 0.316. The molecular weight excluding hydrogens is 328 g/mol. The molecule has 0 aliphatic heterocycles. The van der Waals surface area contributed by atoms with Crippen molar-refractivity contribution in [3.63, 3.8) is 0 Å². The van der Waals surface area contributed by atoms with E-state index in [9.17, 15) is 0 Å².